The van der Waals surface area contributed by atoms with Crippen LogP contribution in [0, 0.1) is 11.3 Å². The molecule has 0 unspecified atom stereocenters. The Labute approximate surface area is 159 Å². The van der Waals surface area contributed by atoms with Crippen molar-refractivity contribution in [1.29, 1.82) is 5.26 Å². The first-order chi connectivity index (χ1) is 13.2. The Balaban J connectivity index is 1.76. The monoisotopic (exact) mass is 373 g/mol. The number of nitrogens with one attached hydrogen (secondary N) is 1. The first-order valence-electron chi connectivity index (χ1n) is 8.11. The summed E-state index contributed by atoms with van der Waals surface area (Å²) in [5, 5.41) is 10.6. The van der Waals surface area contributed by atoms with Gasteiger partial charge in [0.25, 0.3) is 5.56 Å². The van der Waals surface area contributed by atoms with Crippen molar-refractivity contribution in [3.05, 3.63) is 87.6 Å². The molecule has 0 aliphatic heterocycles. The SMILES string of the molecule is N#C/C(=C\c1ccc(-c2ccccc2Cl)o1)c1nc2ccccc2c(=O)[nH]1. The lowest BCUT2D eigenvalue weighted by molar-refractivity contribution is 0.572. The van der Waals surface area contributed by atoms with E-state index in [0.717, 1.165) is 5.56 Å². The number of furan rings is 1. The van der Waals surface area contributed by atoms with Crippen LogP contribution in [-0.2, 0) is 0 Å². The summed E-state index contributed by atoms with van der Waals surface area (Å²) in [6.45, 7) is 0. The van der Waals surface area contributed by atoms with Crippen LogP contribution in [0.4, 0.5) is 0 Å². The molecule has 2 aromatic heterocycles. The smallest absolute Gasteiger partial charge is 0.259 e. The van der Waals surface area contributed by atoms with Crippen LogP contribution >= 0.6 is 11.6 Å². The largest absolute Gasteiger partial charge is 0.457 e. The number of hydrogen-bond acceptors (Lipinski definition) is 4. The molecule has 0 aliphatic carbocycles. The van der Waals surface area contributed by atoms with E-state index in [1.54, 1.807) is 42.5 Å². The summed E-state index contributed by atoms with van der Waals surface area (Å²) in [5.41, 5.74) is 1.18. The normalized spacial score (nSPS) is 11.5. The van der Waals surface area contributed by atoms with Gasteiger partial charge in [-0.15, -0.1) is 0 Å². The van der Waals surface area contributed by atoms with Crippen LogP contribution in [0.3, 0.4) is 0 Å². The third-order valence-corrected chi connectivity index (χ3v) is 4.37. The number of benzene rings is 2. The van der Waals surface area contributed by atoms with Crippen LogP contribution in [0.2, 0.25) is 5.02 Å². The Bertz CT molecular complexity index is 1280. The number of aromatic amines is 1. The summed E-state index contributed by atoms with van der Waals surface area (Å²) < 4.78 is 5.79. The van der Waals surface area contributed by atoms with E-state index in [4.69, 9.17) is 16.0 Å². The third-order valence-electron chi connectivity index (χ3n) is 4.04. The first kappa shape index (κ1) is 16.8. The minimum atomic E-state index is -0.298. The lowest BCUT2D eigenvalue weighted by Crippen LogP contribution is -2.11. The van der Waals surface area contributed by atoms with Gasteiger partial charge in [-0.1, -0.05) is 35.9 Å². The molecule has 5 nitrogen and oxygen atoms in total. The van der Waals surface area contributed by atoms with Gasteiger partial charge < -0.3 is 9.40 Å². The number of allylic oxidation sites excluding steroid dienone is 1. The molecular formula is C21H12ClN3O2. The molecule has 0 fully saturated rings. The van der Waals surface area contributed by atoms with E-state index in [2.05, 4.69) is 16.0 Å². The van der Waals surface area contributed by atoms with Crippen molar-refractivity contribution < 1.29 is 4.42 Å². The molecule has 0 aliphatic rings. The van der Waals surface area contributed by atoms with Crippen LogP contribution in [0.25, 0.3) is 33.9 Å². The minimum absolute atomic E-state index is 0.192. The Morgan fingerprint density at radius 3 is 2.70 bits per heavy atom. The molecule has 0 atom stereocenters. The minimum Gasteiger partial charge on any atom is -0.457 e. The van der Waals surface area contributed by atoms with E-state index < -0.39 is 0 Å². The van der Waals surface area contributed by atoms with Crippen molar-refractivity contribution in [3.63, 3.8) is 0 Å². The first-order valence-corrected chi connectivity index (χ1v) is 8.49. The molecular weight excluding hydrogens is 362 g/mol. The van der Waals surface area contributed by atoms with Crippen molar-refractivity contribution in [3.8, 4) is 17.4 Å². The quantitative estimate of drug-likeness (QED) is 0.518. The fourth-order valence-corrected chi connectivity index (χ4v) is 2.97. The van der Waals surface area contributed by atoms with Crippen molar-refractivity contribution in [2.45, 2.75) is 0 Å². The molecule has 27 heavy (non-hydrogen) atoms. The average molecular weight is 374 g/mol. The molecule has 0 saturated heterocycles. The number of fused-ring (bicyclic) bond motifs is 1. The van der Waals surface area contributed by atoms with E-state index in [9.17, 15) is 10.1 Å². The molecule has 2 heterocycles. The maximum Gasteiger partial charge on any atom is 0.259 e. The van der Waals surface area contributed by atoms with Gasteiger partial charge in [0.05, 0.1) is 21.5 Å². The van der Waals surface area contributed by atoms with Crippen LogP contribution < -0.4 is 5.56 Å². The zero-order valence-electron chi connectivity index (χ0n) is 13.9. The zero-order valence-corrected chi connectivity index (χ0v) is 14.7. The predicted octanol–water partition coefficient (Wildman–Crippen LogP) is 4.90. The van der Waals surface area contributed by atoms with Gasteiger partial charge in [0.1, 0.15) is 17.6 Å². The van der Waals surface area contributed by atoms with Crippen LogP contribution in [-0.4, -0.2) is 9.97 Å². The predicted molar refractivity (Wildman–Crippen MR) is 105 cm³/mol. The molecule has 0 bridgehead atoms. The Kier molecular flexibility index (Phi) is 4.33. The topological polar surface area (TPSA) is 82.7 Å². The van der Waals surface area contributed by atoms with Gasteiger partial charge >= 0.3 is 0 Å². The van der Waals surface area contributed by atoms with Crippen LogP contribution in [0.1, 0.15) is 11.6 Å². The van der Waals surface area contributed by atoms with Crippen LogP contribution in [0.15, 0.2) is 69.9 Å². The zero-order chi connectivity index (χ0) is 18.8. The van der Waals surface area contributed by atoms with E-state index in [0.29, 0.717) is 27.4 Å². The lowest BCUT2D eigenvalue weighted by atomic mass is 10.2. The molecule has 1 N–H and O–H groups in total. The molecule has 0 spiro atoms. The molecule has 4 aromatic rings. The number of halogens is 1. The molecule has 0 saturated carbocycles. The Morgan fingerprint density at radius 1 is 1.11 bits per heavy atom. The van der Waals surface area contributed by atoms with Crippen molar-refractivity contribution >= 4 is 34.2 Å². The lowest BCUT2D eigenvalue weighted by Gasteiger charge is -2.01. The number of nitriles is 1. The van der Waals surface area contributed by atoms with Gasteiger partial charge in [-0.05, 0) is 36.4 Å². The summed E-state index contributed by atoms with van der Waals surface area (Å²) in [6, 6.07) is 19.9. The second kappa shape index (κ2) is 6.94. The maximum absolute atomic E-state index is 12.2. The van der Waals surface area contributed by atoms with Gasteiger partial charge in [0, 0.05) is 11.6 Å². The molecule has 130 valence electrons. The fourth-order valence-electron chi connectivity index (χ4n) is 2.75. The number of hydrogen-bond donors (Lipinski definition) is 1. The number of rotatable bonds is 3. The van der Waals surface area contributed by atoms with Crippen molar-refractivity contribution in [2.75, 3.05) is 0 Å². The van der Waals surface area contributed by atoms with Gasteiger partial charge in [0.2, 0.25) is 0 Å². The molecule has 0 radical (unpaired) electrons. The average Bonchev–Trinajstić information content (AvgIpc) is 3.15. The van der Waals surface area contributed by atoms with Crippen LogP contribution in [0.5, 0.6) is 0 Å². The number of para-hydroxylation sites is 1. The summed E-state index contributed by atoms with van der Waals surface area (Å²) in [4.78, 5) is 19.3. The molecule has 0 amide bonds. The molecule has 2 aromatic carbocycles. The van der Waals surface area contributed by atoms with Gasteiger partial charge in [-0.2, -0.15) is 5.26 Å². The molecule has 4 rings (SSSR count). The number of nitrogens with zero attached hydrogens (tertiary/aromatic N) is 2. The summed E-state index contributed by atoms with van der Waals surface area (Å²) >= 11 is 6.19. The van der Waals surface area contributed by atoms with Gasteiger partial charge in [-0.3, -0.25) is 4.79 Å². The van der Waals surface area contributed by atoms with E-state index in [1.165, 1.54) is 6.08 Å². The summed E-state index contributed by atoms with van der Waals surface area (Å²) in [7, 11) is 0. The highest BCUT2D eigenvalue weighted by Crippen LogP contribution is 2.30. The Morgan fingerprint density at radius 2 is 1.89 bits per heavy atom. The number of aromatic nitrogens is 2. The fraction of sp³-hybridized carbons (Fsp3) is 0. The highest BCUT2D eigenvalue weighted by Gasteiger charge is 2.11. The van der Waals surface area contributed by atoms with Gasteiger partial charge in [0.15, 0.2) is 5.82 Å². The summed E-state index contributed by atoms with van der Waals surface area (Å²) in [6.07, 6.45) is 1.54. The third kappa shape index (κ3) is 3.26. The molecule has 6 heteroatoms. The van der Waals surface area contributed by atoms with E-state index >= 15 is 0 Å². The highest BCUT2D eigenvalue weighted by atomic mass is 35.5. The second-order valence-electron chi connectivity index (χ2n) is 5.78. The van der Waals surface area contributed by atoms with Crippen molar-refractivity contribution in [1.82, 2.24) is 9.97 Å². The van der Waals surface area contributed by atoms with Crippen molar-refractivity contribution in [2.24, 2.45) is 0 Å². The maximum atomic E-state index is 12.2. The second-order valence-corrected chi connectivity index (χ2v) is 6.19. The summed E-state index contributed by atoms with van der Waals surface area (Å²) in [5.74, 6) is 1.23. The number of H-pyrrole nitrogens is 1. The van der Waals surface area contributed by atoms with Gasteiger partial charge in [-0.25, -0.2) is 4.98 Å². The standard InChI is InChI=1S/C21H12ClN3O2/c22-17-7-3-1-5-15(17)19-10-9-14(27-19)11-13(12-23)20-24-18-8-4-2-6-16(18)21(26)25-20/h1-11H,(H,24,25,26)/b13-11+. The Hall–Kier alpha value is -3.62. The van der Waals surface area contributed by atoms with E-state index in [-0.39, 0.29) is 17.0 Å². The van der Waals surface area contributed by atoms with E-state index in [1.807, 2.05) is 18.2 Å². The highest BCUT2D eigenvalue weighted by molar-refractivity contribution is 6.33.